The van der Waals surface area contributed by atoms with Crippen molar-refractivity contribution in [2.75, 3.05) is 26.1 Å². The number of amides is 1. The number of nitrogens with one attached hydrogen (secondary N) is 1. The molecule has 0 heterocycles. The number of benzene rings is 3. The van der Waals surface area contributed by atoms with Gasteiger partial charge in [-0.3, -0.25) is 4.79 Å². The summed E-state index contributed by atoms with van der Waals surface area (Å²) in [5, 5.41) is 3.16. The number of ether oxygens (including phenoxy) is 4. The standard InChI is InChI=1S/C23H20ClNO6/c1-28-20-5-3-4-6-21(20)30-14-22(26)25-18-13-16(24)9-12-19(18)31-17-10-7-15(8-11-17)23(27)29-2/h3-13H,14H2,1-2H3,(H,25,26). The first-order valence-corrected chi connectivity index (χ1v) is 9.59. The number of halogens is 1. The highest BCUT2D eigenvalue weighted by molar-refractivity contribution is 6.31. The van der Waals surface area contributed by atoms with Crippen LogP contribution in [0.25, 0.3) is 0 Å². The third kappa shape index (κ3) is 5.90. The van der Waals surface area contributed by atoms with Gasteiger partial charge < -0.3 is 24.3 Å². The molecule has 0 aliphatic rings. The van der Waals surface area contributed by atoms with Crippen molar-refractivity contribution in [3.05, 3.63) is 77.3 Å². The lowest BCUT2D eigenvalue weighted by atomic mass is 10.2. The molecule has 0 aliphatic carbocycles. The zero-order valence-electron chi connectivity index (χ0n) is 16.9. The van der Waals surface area contributed by atoms with Crippen molar-refractivity contribution in [1.82, 2.24) is 0 Å². The Hall–Kier alpha value is -3.71. The fraction of sp³-hybridized carbons (Fsp3) is 0.130. The van der Waals surface area contributed by atoms with Gasteiger partial charge in [0.15, 0.2) is 23.9 Å². The van der Waals surface area contributed by atoms with Crippen molar-refractivity contribution in [2.24, 2.45) is 0 Å². The van der Waals surface area contributed by atoms with Gasteiger partial charge in [0.1, 0.15) is 5.75 Å². The second kappa shape index (κ2) is 10.4. The van der Waals surface area contributed by atoms with Crippen LogP contribution in [0.4, 0.5) is 5.69 Å². The minimum absolute atomic E-state index is 0.236. The van der Waals surface area contributed by atoms with Crippen LogP contribution >= 0.6 is 11.6 Å². The molecule has 3 rings (SSSR count). The van der Waals surface area contributed by atoms with Crippen LogP contribution in [0.2, 0.25) is 5.02 Å². The second-order valence-electron chi connectivity index (χ2n) is 6.25. The van der Waals surface area contributed by atoms with Crippen molar-refractivity contribution < 1.29 is 28.5 Å². The second-order valence-corrected chi connectivity index (χ2v) is 6.68. The lowest BCUT2D eigenvalue weighted by Crippen LogP contribution is -2.20. The summed E-state index contributed by atoms with van der Waals surface area (Å²) in [6, 6.07) is 18.3. The quantitative estimate of drug-likeness (QED) is 0.498. The van der Waals surface area contributed by atoms with E-state index >= 15 is 0 Å². The summed E-state index contributed by atoms with van der Waals surface area (Å²) in [6.07, 6.45) is 0. The Morgan fingerprint density at radius 1 is 0.903 bits per heavy atom. The Balaban J connectivity index is 1.69. The molecule has 31 heavy (non-hydrogen) atoms. The molecule has 3 aromatic carbocycles. The Morgan fingerprint density at radius 2 is 1.61 bits per heavy atom. The number of hydrogen-bond acceptors (Lipinski definition) is 6. The number of para-hydroxylation sites is 2. The lowest BCUT2D eigenvalue weighted by Gasteiger charge is -2.14. The van der Waals surface area contributed by atoms with E-state index in [4.69, 9.17) is 25.8 Å². The summed E-state index contributed by atoms with van der Waals surface area (Å²) in [5.41, 5.74) is 0.770. The zero-order valence-corrected chi connectivity index (χ0v) is 17.6. The molecule has 0 unspecified atom stereocenters. The molecule has 0 saturated heterocycles. The third-order valence-corrected chi connectivity index (χ3v) is 4.38. The molecule has 3 aromatic rings. The van der Waals surface area contributed by atoms with Crippen LogP contribution in [0.15, 0.2) is 66.7 Å². The molecule has 0 bridgehead atoms. The van der Waals surface area contributed by atoms with Crippen molar-refractivity contribution >= 4 is 29.2 Å². The molecule has 0 spiro atoms. The molecule has 7 nitrogen and oxygen atoms in total. The summed E-state index contributed by atoms with van der Waals surface area (Å²) < 4.78 is 21.3. The van der Waals surface area contributed by atoms with Crippen LogP contribution in [0.1, 0.15) is 10.4 Å². The molecule has 0 aromatic heterocycles. The summed E-state index contributed by atoms with van der Waals surface area (Å²) in [5.74, 6) is 0.975. The van der Waals surface area contributed by atoms with Crippen molar-refractivity contribution in [1.29, 1.82) is 0 Å². The first kappa shape index (κ1) is 22.0. The van der Waals surface area contributed by atoms with E-state index in [1.54, 1.807) is 66.7 Å². The number of methoxy groups -OCH3 is 2. The molecular formula is C23H20ClNO6. The fourth-order valence-electron chi connectivity index (χ4n) is 2.66. The van der Waals surface area contributed by atoms with Crippen molar-refractivity contribution in [3.63, 3.8) is 0 Å². The zero-order chi connectivity index (χ0) is 22.2. The molecule has 0 saturated carbocycles. The molecule has 1 amide bonds. The molecular weight excluding hydrogens is 422 g/mol. The Morgan fingerprint density at radius 3 is 2.29 bits per heavy atom. The van der Waals surface area contributed by atoms with Gasteiger partial charge in [-0.15, -0.1) is 0 Å². The van der Waals surface area contributed by atoms with Gasteiger partial charge in [-0.25, -0.2) is 4.79 Å². The van der Waals surface area contributed by atoms with E-state index in [1.807, 2.05) is 0 Å². The normalized spacial score (nSPS) is 10.2. The third-order valence-electron chi connectivity index (χ3n) is 4.15. The van der Waals surface area contributed by atoms with Crippen LogP contribution in [0.3, 0.4) is 0 Å². The smallest absolute Gasteiger partial charge is 0.337 e. The topological polar surface area (TPSA) is 83.1 Å². The van der Waals surface area contributed by atoms with Gasteiger partial charge in [0.2, 0.25) is 0 Å². The number of rotatable bonds is 8. The minimum Gasteiger partial charge on any atom is -0.493 e. The molecule has 0 radical (unpaired) electrons. The first-order valence-electron chi connectivity index (χ1n) is 9.21. The highest BCUT2D eigenvalue weighted by Crippen LogP contribution is 2.32. The number of esters is 1. The maximum absolute atomic E-state index is 12.4. The van der Waals surface area contributed by atoms with Gasteiger partial charge in [-0.2, -0.15) is 0 Å². The van der Waals surface area contributed by atoms with Gasteiger partial charge in [0.05, 0.1) is 25.5 Å². The Labute approximate surface area is 184 Å². The van der Waals surface area contributed by atoms with Crippen molar-refractivity contribution in [3.8, 4) is 23.0 Å². The molecule has 0 atom stereocenters. The SMILES string of the molecule is COC(=O)c1ccc(Oc2ccc(Cl)cc2NC(=O)COc2ccccc2OC)cc1. The van der Waals surface area contributed by atoms with Gasteiger partial charge in [0, 0.05) is 5.02 Å². The highest BCUT2D eigenvalue weighted by atomic mass is 35.5. The van der Waals surface area contributed by atoms with E-state index in [0.29, 0.717) is 39.3 Å². The average Bonchev–Trinajstić information content (AvgIpc) is 2.79. The molecule has 0 aliphatic heterocycles. The molecule has 1 N–H and O–H groups in total. The van der Waals surface area contributed by atoms with Crippen LogP contribution < -0.4 is 19.5 Å². The van der Waals surface area contributed by atoms with Crippen molar-refractivity contribution in [2.45, 2.75) is 0 Å². The van der Waals surface area contributed by atoms with Crippen LogP contribution in [-0.2, 0) is 9.53 Å². The molecule has 160 valence electrons. The summed E-state index contributed by atoms with van der Waals surface area (Å²) in [4.78, 5) is 24.0. The van der Waals surface area contributed by atoms with Gasteiger partial charge in [0.25, 0.3) is 5.91 Å². The predicted molar refractivity (Wildman–Crippen MR) is 116 cm³/mol. The summed E-state index contributed by atoms with van der Waals surface area (Å²) >= 11 is 6.08. The average molecular weight is 442 g/mol. The van der Waals surface area contributed by atoms with E-state index < -0.39 is 11.9 Å². The first-order chi connectivity index (χ1) is 15.0. The van der Waals surface area contributed by atoms with E-state index in [2.05, 4.69) is 10.1 Å². The summed E-state index contributed by atoms with van der Waals surface area (Å²) in [6.45, 7) is -0.236. The van der Waals surface area contributed by atoms with E-state index in [9.17, 15) is 9.59 Å². The molecule has 0 fully saturated rings. The predicted octanol–water partition coefficient (Wildman–Crippen LogP) is 4.95. The highest BCUT2D eigenvalue weighted by Gasteiger charge is 2.13. The van der Waals surface area contributed by atoms with E-state index in [-0.39, 0.29) is 6.61 Å². The largest absolute Gasteiger partial charge is 0.493 e. The monoisotopic (exact) mass is 441 g/mol. The van der Waals surface area contributed by atoms with Gasteiger partial charge in [-0.05, 0) is 54.6 Å². The number of anilines is 1. The van der Waals surface area contributed by atoms with Crippen LogP contribution in [0, 0.1) is 0 Å². The lowest BCUT2D eigenvalue weighted by molar-refractivity contribution is -0.118. The number of carbonyl (C=O) groups excluding carboxylic acids is 2. The van der Waals surface area contributed by atoms with Gasteiger partial charge >= 0.3 is 5.97 Å². The summed E-state index contributed by atoms with van der Waals surface area (Å²) in [7, 11) is 2.84. The van der Waals surface area contributed by atoms with E-state index in [1.165, 1.54) is 14.2 Å². The molecule has 8 heteroatoms. The Bertz CT molecular complexity index is 1070. The number of hydrogen-bond donors (Lipinski definition) is 1. The maximum Gasteiger partial charge on any atom is 0.337 e. The van der Waals surface area contributed by atoms with Crippen LogP contribution in [0.5, 0.6) is 23.0 Å². The number of carbonyl (C=O) groups is 2. The Kier molecular flexibility index (Phi) is 7.35. The van der Waals surface area contributed by atoms with Crippen LogP contribution in [-0.4, -0.2) is 32.7 Å². The minimum atomic E-state index is -0.443. The van der Waals surface area contributed by atoms with Gasteiger partial charge in [-0.1, -0.05) is 23.7 Å². The maximum atomic E-state index is 12.4. The van der Waals surface area contributed by atoms with E-state index in [0.717, 1.165) is 0 Å². The fourth-order valence-corrected chi connectivity index (χ4v) is 2.83.